The van der Waals surface area contributed by atoms with Crippen LogP contribution in [0.3, 0.4) is 0 Å². The molecule has 0 spiro atoms. The van der Waals surface area contributed by atoms with Gasteiger partial charge in [-0.25, -0.2) is 4.98 Å². The number of hydrogen-bond acceptors (Lipinski definition) is 5. The minimum Gasteiger partial charge on any atom is -0.493 e. The molecule has 0 amide bonds. The lowest BCUT2D eigenvalue weighted by atomic mass is 10.2. The first-order chi connectivity index (χ1) is 9.28. The van der Waals surface area contributed by atoms with Gasteiger partial charge in [0.2, 0.25) is 5.88 Å². The Kier molecular flexibility index (Phi) is 4.10. The van der Waals surface area contributed by atoms with Crippen LogP contribution in [0.15, 0.2) is 36.5 Å². The number of benzene rings is 1. The van der Waals surface area contributed by atoms with Gasteiger partial charge in [-0.1, -0.05) is 6.07 Å². The summed E-state index contributed by atoms with van der Waals surface area (Å²) in [6.07, 6.45) is 2.22. The van der Waals surface area contributed by atoms with Gasteiger partial charge in [0.15, 0.2) is 17.8 Å². The van der Waals surface area contributed by atoms with Crippen LogP contribution in [0, 0.1) is 0 Å². The Morgan fingerprint density at radius 2 is 2.16 bits per heavy atom. The fourth-order valence-electron chi connectivity index (χ4n) is 1.58. The maximum atomic E-state index is 10.9. The van der Waals surface area contributed by atoms with Gasteiger partial charge in [-0.2, -0.15) is 0 Å². The molecule has 1 N–H and O–H groups in total. The summed E-state index contributed by atoms with van der Waals surface area (Å²) in [5.74, 6) is 1.11. The highest BCUT2D eigenvalue weighted by Gasteiger charge is 2.10. The average Bonchev–Trinajstić information content (AvgIpc) is 2.48. The molecule has 0 unspecified atom stereocenters. The Morgan fingerprint density at radius 1 is 1.32 bits per heavy atom. The smallest absolute Gasteiger partial charge is 0.229 e. The number of carbonyl (C=O) groups excluding carboxylic acids is 1. The number of nitrogens with zero attached hydrogens (tertiary/aromatic N) is 1. The summed E-state index contributed by atoms with van der Waals surface area (Å²) in [6.45, 7) is -0.0835. The summed E-state index contributed by atoms with van der Waals surface area (Å²) < 4.78 is 10.8. The third kappa shape index (κ3) is 2.89. The van der Waals surface area contributed by atoms with Crippen LogP contribution in [-0.4, -0.2) is 23.5 Å². The molecule has 0 radical (unpaired) electrons. The van der Waals surface area contributed by atoms with Crippen LogP contribution in [-0.2, 0) is 6.61 Å². The molecule has 0 aliphatic rings. The molecule has 19 heavy (non-hydrogen) atoms. The summed E-state index contributed by atoms with van der Waals surface area (Å²) in [5.41, 5.74) is 1.07. The van der Waals surface area contributed by atoms with Gasteiger partial charge in [-0.3, -0.25) is 4.79 Å². The minimum absolute atomic E-state index is 0.0835. The molecule has 1 aromatic carbocycles. The molecule has 0 atom stereocenters. The van der Waals surface area contributed by atoms with Crippen LogP contribution in [0.4, 0.5) is 0 Å². The van der Waals surface area contributed by atoms with E-state index in [-0.39, 0.29) is 12.5 Å². The van der Waals surface area contributed by atoms with E-state index in [0.717, 1.165) is 0 Å². The number of aliphatic hydroxyl groups excluding tert-OH is 1. The molecule has 0 aliphatic heterocycles. The predicted octanol–water partition coefficient (Wildman–Crippen LogP) is 2.19. The molecule has 0 bridgehead atoms. The van der Waals surface area contributed by atoms with Gasteiger partial charge < -0.3 is 14.6 Å². The number of carbonyl (C=O) groups is 1. The van der Waals surface area contributed by atoms with Crippen molar-refractivity contribution in [2.45, 2.75) is 6.61 Å². The molecule has 1 heterocycles. The Hall–Kier alpha value is -2.40. The first-order valence-corrected chi connectivity index (χ1v) is 5.64. The summed E-state index contributed by atoms with van der Waals surface area (Å²) >= 11 is 0. The number of ether oxygens (including phenoxy) is 2. The topological polar surface area (TPSA) is 68.7 Å². The van der Waals surface area contributed by atoms with Gasteiger partial charge in [0.1, 0.15) is 0 Å². The minimum atomic E-state index is -0.0835. The number of aromatic nitrogens is 1. The molecule has 1 aromatic heterocycles. The van der Waals surface area contributed by atoms with Crippen molar-refractivity contribution in [3.63, 3.8) is 0 Å². The van der Waals surface area contributed by atoms with Gasteiger partial charge in [0.25, 0.3) is 0 Å². The number of methoxy groups -OCH3 is 1. The highest BCUT2D eigenvalue weighted by Crippen LogP contribution is 2.32. The Bertz CT molecular complexity index is 583. The van der Waals surface area contributed by atoms with Crippen molar-refractivity contribution in [1.82, 2.24) is 4.98 Å². The zero-order valence-electron chi connectivity index (χ0n) is 10.4. The number of rotatable bonds is 5. The molecule has 0 aliphatic carbocycles. The van der Waals surface area contributed by atoms with E-state index in [1.807, 2.05) is 0 Å². The fraction of sp³-hybridized carbons (Fsp3) is 0.143. The molecule has 0 fully saturated rings. The van der Waals surface area contributed by atoms with Gasteiger partial charge >= 0.3 is 0 Å². The van der Waals surface area contributed by atoms with E-state index in [0.29, 0.717) is 28.9 Å². The van der Waals surface area contributed by atoms with Crippen molar-refractivity contribution in [1.29, 1.82) is 0 Å². The van der Waals surface area contributed by atoms with Crippen molar-refractivity contribution in [3.8, 4) is 17.4 Å². The number of pyridine rings is 1. The van der Waals surface area contributed by atoms with Crippen molar-refractivity contribution < 1.29 is 19.4 Å². The Morgan fingerprint density at radius 3 is 2.84 bits per heavy atom. The molecule has 0 saturated heterocycles. The van der Waals surface area contributed by atoms with Crippen molar-refractivity contribution in [2.24, 2.45) is 0 Å². The molecular formula is C14H13NO4. The SMILES string of the molecule is COc1cc(CO)ccc1Oc1ncccc1C=O. The maximum Gasteiger partial charge on any atom is 0.229 e. The highest BCUT2D eigenvalue weighted by molar-refractivity contribution is 5.78. The lowest BCUT2D eigenvalue weighted by Crippen LogP contribution is -1.96. The first-order valence-electron chi connectivity index (χ1n) is 5.64. The molecule has 2 aromatic rings. The molecule has 0 saturated carbocycles. The third-order valence-corrected chi connectivity index (χ3v) is 2.54. The van der Waals surface area contributed by atoms with Crippen LogP contribution >= 0.6 is 0 Å². The summed E-state index contributed by atoms with van der Waals surface area (Å²) in [6, 6.07) is 8.31. The first kappa shape index (κ1) is 13.0. The fourth-order valence-corrected chi connectivity index (χ4v) is 1.58. The quantitative estimate of drug-likeness (QED) is 0.833. The summed E-state index contributed by atoms with van der Waals surface area (Å²) in [5, 5.41) is 9.07. The van der Waals surface area contributed by atoms with E-state index in [1.54, 1.807) is 30.3 Å². The van der Waals surface area contributed by atoms with Crippen molar-refractivity contribution in [3.05, 3.63) is 47.7 Å². The predicted molar refractivity (Wildman–Crippen MR) is 68.6 cm³/mol. The van der Waals surface area contributed by atoms with E-state index in [4.69, 9.17) is 14.6 Å². The van der Waals surface area contributed by atoms with Crippen molar-refractivity contribution >= 4 is 6.29 Å². The number of aliphatic hydroxyl groups is 1. The standard InChI is InChI=1S/C14H13NO4/c1-18-13-7-10(8-16)4-5-12(13)19-14-11(9-17)3-2-6-15-14/h2-7,9,16H,8H2,1H3. The average molecular weight is 259 g/mol. The third-order valence-electron chi connectivity index (χ3n) is 2.54. The molecule has 5 heteroatoms. The molecule has 98 valence electrons. The van der Waals surface area contributed by atoms with Crippen LogP contribution in [0.5, 0.6) is 17.4 Å². The van der Waals surface area contributed by atoms with Crippen LogP contribution in [0.25, 0.3) is 0 Å². The van der Waals surface area contributed by atoms with E-state index in [2.05, 4.69) is 4.98 Å². The second kappa shape index (κ2) is 5.97. The zero-order chi connectivity index (χ0) is 13.7. The normalized spacial score (nSPS) is 10.0. The zero-order valence-corrected chi connectivity index (χ0v) is 10.4. The van der Waals surface area contributed by atoms with E-state index < -0.39 is 0 Å². The Labute approximate surface area is 110 Å². The second-order valence-electron chi connectivity index (χ2n) is 3.76. The van der Waals surface area contributed by atoms with Crippen LogP contribution in [0.1, 0.15) is 15.9 Å². The molecule has 2 rings (SSSR count). The summed E-state index contributed by atoms with van der Waals surface area (Å²) in [4.78, 5) is 14.9. The van der Waals surface area contributed by atoms with Crippen LogP contribution < -0.4 is 9.47 Å². The lowest BCUT2D eigenvalue weighted by Gasteiger charge is -2.11. The number of hydrogen-bond donors (Lipinski definition) is 1. The van der Waals surface area contributed by atoms with Crippen LogP contribution in [0.2, 0.25) is 0 Å². The van der Waals surface area contributed by atoms with Crippen molar-refractivity contribution in [2.75, 3.05) is 7.11 Å². The molecule has 5 nitrogen and oxygen atoms in total. The molecular weight excluding hydrogens is 246 g/mol. The largest absolute Gasteiger partial charge is 0.493 e. The van der Waals surface area contributed by atoms with E-state index >= 15 is 0 Å². The van der Waals surface area contributed by atoms with Gasteiger partial charge in [0, 0.05) is 6.20 Å². The number of aldehydes is 1. The second-order valence-corrected chi connectivity index (χ2v) is 3.76. The van der Waals surface area contributed by atoms with Gasteiger partial charge in [-0.15, -0.1) is 0 Å². The van der Waals surface area contributed by atoms with Gasteiger partial charge in [-0.05, 0) is 29.8 Å². The highest BCUT2D eigenvalue weighted by atomic mass is 16.5. The van der Waals surface area contributed by atoms with E-state index in [9.17, 15) is 4.79 Å². The summed E-state index contributed by atoms with van der Waals surface area (Å²) in [7, 11) is 1.50. The Balaban J connectivity index is 2.35. The van der Waals surface area contributed by atoms with Gasteiger partial charge in [0.05, 0.1) is 19.3 Å². The lowest BCUT2D eigenvalue weighted by molar-refractivity contribution is 0.112. The van der Waals surface area contributed by atoms with E-state index in [1.165, 1.54) is 13.3 Å². The maximum absolute atomic E-state index is 10.9. The monoisotopic (exact) mass is 259 g/mol.